The average molecular weight is 938 g/mol. The third-order valence-corrected chi connectivity index (χ3v) is 14.0. The molecule has 15 nitrogen and oxygen atoms in total. The molecule has 350 valence electrons. The molecule has 3 atom stereocenters. The average Bonchev–Trinajstić information content (AvgIpc) is 3.75. The first-order valence-electron chi connectivity index (χ1n) is 22.8. The summed E-state index contributed by atoms with van der Waals surface area (Å²) in [5, 5.41) is 14.8. The second-order valence-electron chi connectivity index (χ2n) is 16.7. The first kappa shape index (κ1) is 48.6. The van der Waals surface area contributed by atoms with Crippen molar-refractivity contribution in [3.8, 4) is 11.1 Å². The van der Waals surface area contributed by atoms with Crippen molar-refractivity contribution in [1.82, 2.24) is 41.0 Å². The summed E-state index contributed by atoms with van der Waals surface area (Å²) >= 11 is 8.49. The number of pyridine rings is 1. The number of para-hydroxylation sites is 1. The molecule has 7 rings (SSSR count). The van der Waals surface area contributed by atoms with E-state index in [0.717, 1.165) is 58.4 Å². The maximum atomic E-state index is 14.9. The van der Waals surface area contributed by atoms with Crippen molar-refractivity contribution >= 4 is 57.9 Å². The van der Waals surface area contributed by atoms with Crippen molar-refractivity contribution in [3.63, 3.8) is 0 Å². The number of carbonyl (C=O) groups is 4. The zero-order chi connectivity index (χ0) is 46.4. The van der Waals surface area contributed by atoms with E-state index in [4.69, 9.17) is 32.8 Å². The molecule has 4 heterocycles. The number of nitrogens with zero attached hydrogens (tertiary/aromatic N) is 3. The molecule has 2 aliphatic rings. The highest BCUT2D eigenvalue weighted by atomic mass is 35.5. The zero-order valence-corrected chi connectivity index (χ0v) is 39.0. The van der Waals surface area contributed by atoms with Crippen LogP contribution in [0.4, 0.5) is 0 Å². The maximum Gasteiger partial charge on any atom is 0.251 e. The molecule has 0 spiro atoms. The van der Waals surface area contributed by atoms with Gasteiger partial charge in [0.1, 0.15) is 17.1 Å². The van der Waals surface area contributed by atoms with Crippen LogP contribution < -0.4 is 32.7 Å². The highest BCUT2D eigenvalue weighted by Gasteiger charge is 2.34. The van der Waals surface area contributed by atoms with Crippen molar-refractivity contribution in [1.29, 1.82) is 0 Å². The van der Waals surface area contributed by atoms with Gasteiger partial charge in [-0.2, -0.15) is 0 Å². The Morgan fingerprint density at radius 3 is 2.47 bits per heavy atom. The standard InChI is InChI=1S/C49H61ClN10O5S/c1-59-43(28-35-30-55-40-10-3-2-9-37(35)40)47(63)57-31-38-36(32-13-15-33(16-14-32)45(61)53-22-23-60-24-26-65-27-25-60)17-18-39(50)44(38)66-48-34(8-7-21-54-48)29-56-41(12-6-20-52)46(62)58-42(49(59)64)11-4-5-19-51/h2-3,7-10,13-18,21,30,41-43,55-56H,4-6,11-12,19-20,22-29,31,51-52H2,1H3,(H,53,61)(H,57,63)(H,58,62)/t41-,42-,43-/m0/s1. The lowest BCUT2D eigenvalue weighted by atomic mass is 9.97. The van der Waals surface area contributed by atoms with E-state index in [2.05, 4.69) is 31.2 Å². The van der Waals surface area contributed by atoms with Gasteiger partial charge in [0.2, 0.25) is 17.7 Å². The summed E-state index contributed by atoms with van der Waals surface area (Å²) in [6, 6.07) is 20.2. The summed E-state index contributed by atoms with van der Waals surface area (Å²) in [5.74, 6) is -1.28. The van der Waals surface area contributed by atoms with Crippen LogP contribution in [0.15, 0.2) is 95.1 Å². The smallest absolute Gasteiger partial charge is 0.251 e. The third kappa shape index (κ3) is 12.4. The quantitative estimate of drug-likeness (QED) is 0.0765. The largest absolute Gasteiger partial charge is 0.379 e. The molecule has 0 saturated carbocycles. The lowest BCUT2D eigenvalue weighted by molar-refractivity contribution is -0.142. The van der Waals surface area contributed by atoms with Crippen molar-refractivity contribution in [2.24, 2.45) is 11.5 Å². The molecule has 2 aromatic heterocycles. The Balaban J connectivity index is 1.26. The number of rotatable bonds is 14. The van der Waals surface area contributed by atoms with Crippen molar-refractivity contribution in [2.45, 2.75) is 79.7 Å². The molecule has 3 aromatic carbocycles. The van der Waals surface area contributed by atoms with Crippen molar-refractivity contribution in [3.05, 3.63) is 112 Å². The molecule has 66 heavy (non-hydrogen) atoms. The number of aromatic amines is 1. The molecule has 1 fully saturated rings. The minimum absolute atomic E-state index is 0.0471. The van der Waals surface area contributed by atoms with Gasteiger partial charge in [0.05, 0.1) is 24.3 Å². The van der Waals surface area contributed by atoms with E-state index in [9.17, 15) is 19.2 Å². The van der Waals surface area contributed by atoms with Crippen LogP contribution in [0.1, 0.15) is 59.2 Å². The number of likely N-dealkylation sites (N-methyl/N-ethyl adjacent to an activating group) is 1. The van der Waals surface area contributed by atoms with Gasteiger partial charge in [-0.3, -0.25) is 24.1 Å². The number of aromatic nitrogens is 2. The SMILES string of the molecule is CN1C(=O)[C@H](CCCCN)NC(=O)[C@H](CCCN)NCc2cccnc2Sc2c(Cl)ccc(-c3ccc(C(=O)NCCN4CCOCC4)cc3)c2CNC(=O)[C@@H]1Cc1c[nH]c2ccccc12. The lowest BCUT2D eigenvalue weighted by Crippen LogP contribution is -2.57. The molecule has 17 heteroatoms. The Morgan fingerprint density at radius 2 is 1.68 bits per heavy atom. The highest BCUT2D eigenvalue weighted by Crippen LogP contribution is 2.41. The van der Waals surface area contributed by atoms with E-state index in [-0.39, 0.29) is 43.1 Å². The summed E-state index contributed by atoms with van der Waals surface area (Å²) in [7, 11) is 1.62. The van der Waals surface area contributed by atoms with Crippen LogP contribution in [-0.2, 0) is 38.6 Å². The Bertz CT molecular complexity index is 2450. The number of hydrogen-bond donors (Lipinski definition) is 7. The normalized spacial score (nSPS) is 19.1. The van der Waals surface area contributed by atoms with E-state index in [1.165, 1.54) is 16.7 Å². The monoisotopic (exact) mass is 936 g/mol. The van der Waals surface area contributed by atoms with Gasteiger partial charge in [0, 0.05) is 86.5 Å². The molecule has 0 aliphatic carbocycles. The molecule has 0 bridgehead atoms. The summed E-state index contributed by atoms with van der Waals surface area (Å²) in [4.78, 5) is 69.6. The predicted molar refractivity (Wildman–Crippen MR) is 259 cm³/mol. The van der Waals surface area contributed by atoms with E-state index < -0.39 is 18.1 Å². The number of nitrogens with two attached hydrogens (primary N) is 2. The molecule has 4 amide bonds. The van der Waals surface area contributed by atoms with Crippen molar-refractivity contribution in [2.75, 3.05) is 59.5 Å². The van der Waals surface area contributed by atoms with Gasteiger partial charge in [-0.25, -0.2) is 4.98 Å². The fourth-order valence-electron chi connectivity index (χ4n) is 8.47. The number of H-pyrrole nitrogens is 1. The summed E-state index contributed by atoms with van der Waals surface area (Å²) < 4.78 is 5.45. The molecule has 0 radical (unpaired) electrons. The summed E-state index contributed by atoms with van der Waals surface area (Å²) in [6.07, 6.45) is 6.37. The number of fused-ring (bicyclic) bond motifs is 3. The predicted octanol–water partition coefficient (Wildman–Crippen LogP) is 4.61. The van der Waals surface area contributed by atoms with Gasteiger partial charge in [-0.15, -0.1) is 0 Å². The fraction of sp³-hybridized carbons (Fsp3) is 0.408. The van der Waals surface area contributed by atoms with Crippen molar-refractivity contribution < 1.29 is 23.9 Å². The van der Waals surface area contributed by atoms with E-state index in [1.54, 1.807) is 25.4 Å². The van der Waals surface area contributed by atoms with Crippen LogP contribution >= 0.6 is 23.4 Å². The molecule has 5 aromatic rings. The van der Waals surface area contributed by atoms with Crippen LogP contribution in [0.2, 0.25) is 5.02 Å². The summed E-state index contributed by atoms with van der Waals surface area (Å²) in [5.41, 5.74) is 17.3. The van der Waals surface area contributed by atoms with Crippen LogP contribution in [0.3, 0.4) is 0 Å². The molecule has 9 N–H and O–H groups in total. The molecular weight excluding hydrogens is 876 g/mol. The number of morpholine rings is 1. The number of hydrogen-bond acceptors (Lipinski definition) is 11. The number of ether oxygens (including phenoxy) is 1. The van der Waals surface area contributed by atoms with E-state index in [0.29, 0.717) is 85.5 Å². The first-order chi connectivity index (χ1) is 32.1. The number of carbonyl (C=O) groups excluding carboxylic acids is 4. The van der Waals surface area contributed by atoms with Gasteiger partial charge in [0.25, 0.3) is 5.91 Å². The lowest BCUT2D eigenvalue weighted by Gasteiger charge is -2.32. The van der Waals surface area contributed by atoms with Crippen LogP contribution in [0, 0.1) is 0 Å². The van der Waals surface area contributed by atoms with Gasteiger partial charge in [-0.1, -0.05) is 65.8 Å². The molecule has 1 saturated heterocycles. The number of benzene rings is 3. The Kier molecular flexibility index (Phi) is 17.6. The van der Waals surface area contributed by atoms with Gasteiger partial charge in [0.15, 0.2) is 0 Å². The third-order valence-electron chi connectivity index (χ3n) is 12.3. The minimum atomic E-state index is -0.977. The first-order valence-corrected chi connectivity index (χ1v) is 24.0. The van der Waals surface area contributed by atoms with Gasteiger partial charge < -0.3 is 47.4 Å². The molecule has 0 unspecified atom stereocenters. The number of halogens is 1. The van der Waals surface area contributed by atoms with E-state index in [1.807, 2.05) is 66.9 Å². The second kappa shape index (κ2) is 23.9. The Labute approximate surface area is 395 Å². The topological polar surface area (TPSA) is 213 Å². The van der Waals surface area contributed by atoms with Crippen LogP contribution in [-0.4, -0.2) is 121 Å². The highest BCUT2D eigenvalue weighted by molar-refractivity contribution is 7.99. The maximum absolute atomic E-state index is 14.9. The number of nitrogens with one attached hydrogen (secondary N) is 5. The molecular formula is C49H61ClN10O5S. The number of amides is 4. The van der Waals surface area contributed by atoms with Crippen LogP contribution in [0.25, 0.3) is 22.0 Å². The number of unbranched alkanes of at least 4 members (excludes halogenated alkanes) is 1. The molecule has 2 aliphatic heterocycles. The summed E-state index contributed by atoms with van der Waals surface area (Å²) in [6.45, 7) is 5.50. The Morgan fingerprint density at radius 1 is 0.909 bits per heavy atom. The van der Waals surface area contributed by atoms with Gasteiger partial charge in [-0.05, 0) is 103 Å². The Hall–Kier alpha value is -5.33. The van der Waals surface area contributed by atoms with Crippen LogP contribution in [0.5, 0.6) is 0 Å². The minimum Gasteiger partial charge on any atom is -0.379 e. The van der Waals surface area contributed by atoms with Gasteiger partial charge >= 0.3 is 0 Å². The fourth-order valence-corrected chi connectivity index (χ4v) is 9.81. The van der Waals surface area contributed by atoms with E-state index >= 15 is 0 Å². The zero-order valence-electron chi connectivity index (χ0n) is 37.5. The second-order valence-corrected chi connectivity index (χ2v) is 18.1.